The van der Waals surface area contributed by atoms with Crippen LogP contribution >= 0.6 is 0 Å². The van der Waals surface area contributed by atoms with Crippen molar-refractivity contribution in [1.29, 1.82) is 0 Å². The Labute approximate surface area is 159 Å². The van der Waals surface area contributed by atoms with Crippen LogP contribution < -0.4 is 15.5 Å². The zero-order valence-electron chi connectivity index (χ0n) is 15.4. The Hall–Kier alpha value is -2.89. The van der Waals surface area contributed by atoms with Crippen LogP contribution in [0.15, 0.2) is 36.4 Å². The second kappa shape index (κ2) is 6.68. The topological polar surface area (TPSA) is 71.2 Å². The summed E-state index contributed by atoms with van der Waals surface area (Å²) in [4.78, 5) is 18.9. The van der Waals surface area contributed by atoms with Crippen molar-refractivity contribution in [2.75, 3.05) is 41.7 Å². The lowest BCUT2D eigenvalue weighted by Gasteiger charge is -2.36. The first-order valence-corrected chi connectivity index (χ1v) is 9.79. The number of benzene rings is 1. The lowest BCUT2D eigenvalue weighted by molar-refractivity contribution is 0.623. The molecule has 0 radical (unpaired) electrons. The molecule has 27 heavy (non-hydrogen) atoms. The van der Waals surface area contributed by atoms with Gasteiger partial charge in [-0.25, -0.2) is 9.97 Å². The molecule has 0 unspecified atom stereocenters. The summed E-state index contributed by atoms with van der Waals surface area (Å²) < 4.78 is 0. The van der Waals surface area contributed by atoms with Crippen molar-refractivity contribution >= 4 is 28.5 Å². The minimum atomic E-state index is 0.674. The van der Waals surface area contributed by atoms with Crippen molar-refractivity contribution in [3.63, 3.8) is 0 Å². The van der Waals surface area contributed by atoms with E-state index in [1.54, 1.807) is 0 Å². The zero-order chi connectivity index (χ0) is 18.2. The van der Waals surface area contributed by atoms with Crippen molar-refractivity contribution in [2.24, 2.45) is 0 Å². The molecule has 138 valence electrons. The van der Waals surface area contributed by atoms with Crippen molar-refractivity contribution in [3.8, 4) is 0 Å². The molecule has 6 nitrogen and oxygen atoms in total. The monoisotopic (exact) mass is 360 g/mol. The van der Waals surface area contributed by atoms with E-state index in [2.05, 4.69) is 39.0 Å². The molecule has 1 saturated heterocycles. The van der Waals surface area contributed by atoms with Crippen LogP contribution in [-0.4, -0.2) is 41.1 Å². The molecule has 2 N–H and O–H groups in total. The largest absolute Gasteiger partial charge is 0.383 e. The number of para-hydroxylation sites is 1. The third kappa shape index (κ3) is 3.05. The van der Waals surface area contributed by atoms with Gasteiger partial charge in [0.05, 0.1) is 11.2 Å². The smallest absolute Gasteiger partial charge is 0.227 e. The fraction of sp³-hybridized carbons (Fsp3) is 0.381. The fourth-order valence-corrected chi connectivity index (χ4v) is 4.12. The summed E-state index contributed by atoms with van der Waals surface area (Å²) in [6.45, 7) is 3.58. The Bertz CT molecular complexity index is 978. The first kappa shape index (κ1) is 16.3. The summed E-state index contributed by atoms with van der Waals surface area (Å²) in [5.74, 6) is 2.51. The molecule has 0 amide bonds. The van der Waals surface area contributed by atoms with Crippen molar-refractivity contribution < 1.29 is 0 Å². The van der Waals surface area contributed by atoms with E-state index in [-0.39, 0.29) is 0 Å². The molecule has 2 aliphatic rings. The predicted octanol–water partition coefficient (Wildman–Crippen LogP) is 2.81. The number of nitrogens with zero attached hydrogens (tertiary/aromatic N) is 5. The summed E-state index contributed by atoms with van der Waals surface area (Å²) in [6, 6.07) is 12.5. The highest BCUT2D eigenvalue weighted by Gasteiger charge is 2.23. The molecule has 1 aliphatic heterocycles. The van der Waals surface area contributed by atoms with Crippen LogP contribution in [0, 0.1) is 0 Å². The van der Waals surface area contributed by atoms with Gasteiger partial charge in [-0.3, -0.25) is 0 Å². The first-order valence-electron chi connectivity index (χ1n) is 9.79. The molecule has 3 heterocycles. The second-order valence-corrected chi connectivity index (χ2v) is 7.38. The van der Waals surface area contributed by atoms with Gasteiger partial charge in [0.2, 0.25) is 5.95 Å². The SMILES string of the molecule is Nc1nc(N2CCN(c3ccc4ccccc4n3)CC2)nc2c1CCCC2. The van der Waals surface area contributed by atoms with E-state index in [1.165, 1.54) is 23.8 Å². The Morgan fingerprint density at radius 3 is 2.44 bits per heavy atom. The molecular weight excluding hydrogens is 336 g/mol. The number of hydrogen-bond donors (Lipinski definition) is 1. The molecule has 1 aliphatic carbocycles. The van der Waals surface area contributed by atoms with Gasteiger partial charge in [0, 0.05) is 37.1 Å². The zero-order valence-corrected chi connectivity index (χ0v) is 15.4. The number of piperazine rings is 1. The highest BCUT2D eigenvalue weighted by molar-refractivity contribution is 5.80. The van der Waals surface area contributed by atoms with E-state index >= 15 is 0 Å². The lowest BCUT2D eigenvalue weighted by atomic mass is 9.96. The van der Waals surface area contributed by atoms with Gasteiger partial charge in [-0.05, 0) is 43.9 Å². The van der Waals surface area contributed by atoms with Gasteiger partial charge in [-0.1, -0.05) is 18.2 Å². The average molecular weight is 360 g/mol. The third-order valence-corrected chi connectivity index (χ3v) is 5.67. The van der Waals surface area contributed by atoms with E-state index in [9.17, 15) is 0 Å². The van der Waals surface area contributed by atoms with E-state index < -0.39 is 0 Å². The first-order chi connectivity index (χ1) is 13.3. The van der Waals surface area contributed by atoms with Gasteiger partial charge in [0.15, 0.2) is 0 Å². The van der Waals surface area contributed by atoms with Gasteiger partial charge in [-0.15, -0.1) is 0 Å². The summed E-state index contributed by atoms with van der Waals surface area (Å²) >= 11 is 0. The lowest BCUT2D eigenvalue weighted by Crippen LogP contribution is -2.47. The number of nitrogen functional groups attached to an aromatic ring is 1. The quantitative estimate of drug-likeness (QED) is 0.758. The van der Waals surface area contributed by atoms with E-state index in [0.717, 1.165) is 62.0 Å². The number of fused-ring (bicyclic) bond motifs is 2. The summed E-state index contributed by atoms with van der Waals surface area (Å²) in [6.07, 6.45) is 4.43. The van der Waals surface area contributed by atoms with E-state index in [1.807, 2.05) is 12.1 Å². The molecule has 2 aromatic heterocycles. The molecule has 1 fully saturated rings. The molecule has 6 heteroatoms. The van der Waals surface area contributed by atoms with Gasteiger partial charge in [0.1, 0.15) is 11.6 Å². The fourth-order valence-electron chi connectivity index (χ4n) is 4.12. The van der Waals surface area contributed by atoms with Gasteiger partial charge < -0.3 is 15.5 Å². The number of rotatable bonds is 2. The molecule has 0 saturated carbocycles. The normalized spacial score (nSPS) is 17.2. The van der Waals surface area contributed by atoms with Crippen LogP contribution in [0.1, 0.15) is 24.1 Å². The van der Waals surface area contributed by atoms with Crippen LogP contribution in [-0.2, 0) is 12.8 Å². The molecule has 3 aromatic rings. The molecule has 0 bridgehead atoms. The Morgan fingerprint density at radius 2 is 1.56 bits per heavy atom. The van der Waals surface area contributed by atoms with Crippen LogP contribution in [0.25, 0.3) is 10.9 Å². The maximum atomic E-state index is 6.22. The van der Waals surface area contributed by atoms with Crippen molar-refractivity contribution in [1.82, 2.24) is 15.0 Å². The Balaban J connectivity index is 1.33. The van der Waals surface area contributed by atoms with Crippen LogP contribution in [0.4, 0.5) is 17.6 Å². The summed E-state index contributed by atoms with van der Waals surface area (Å²) in [5.41, 5.74) is 9.59. The molecular formula is C21H24N6. The second-order valence-electron chi connectivity index (χ2n) is 7.38. The number of anilines is 3. The maximum Gasteiger partial charge on any atom is 0.227 e. The number of pyridine rings is 1. The van der Waals surface area contributed by atoms with Crippen molar-refractivity contribution in [3.05, 3.63) is 47.7 Å². The Morgan fingerprint density at radius 1 is 0.778 bits per heavy atom. The average Bonchev–Trinajstić information content (AvgIpc) is 2.73. The van der Waals surface area contributed by atoms with Gasteiger partial charge in [-0.2, -0.15) is 4.98 Å². The highest BCUT2D eigenvalue weighted by atomic mass is 15.3. The van der Waals surface area contributed by atoms with Gasteiger partial charge >= 0.3 is 0 Å². The van der Waals surface area contributed by atoms with Crippen molar-refractivity contribution in [2.45, 2.75) is 25.7 Å². The van der Waals surface area contributed by atoms with Crippen LogP contribution in [0.2, 0.25) is 0 Å². The number of aromatic nitrogens is 3. The number of hydrogen-bond acceptors (Lipinski definition) is 6. The van der Waals surface area contributed by atoms with Gasteiger partial charge in [0.25, 0.3) is 0 Å². The van der Waals surface area contributed by atoms with E-state index in [4.69, 9.17) is 15.7 Å². The minimum Gasteiger partial charge on any atom is -0.383 e. The van der Waals surface area contributed by atoms with Crippen LogP contribution in [0.5, 0.6) is 0 Å². The van der Waals surface area contributed by atoms with Crippen LogP contribution in [0.3, 0.4) is 0 Å². The molecule has 1 aromatic carbocycles. The Kier molecular flexibility index (Phi) is 4.03. The third-order valence-electron chi connectivity index (χ3n) is 5.67. The predicted molar refractivity (Wildman–Crippen MR) is 109 cm³/mol. The molecule has 0 atom stereocenters. The molecule has 0 spiro atoms. The maximum absolute atomic E-state index is 6.22. The molecule has 5 rings (SSSR count). The van der Waals surface area contributed by atoms with E-state index in [0.29, 0.717) is 5.82 Å². The highest BCUT2D eigenvalue weighted by Crippen LogP contribution is 2.27. The number of nitrogens with two attached hydrogens (primary N) is 1. The number of aryl methyl sites for hydroxylation is 1. The standard InChI is InChI=1S/C21H24N6/c22-20-16-6-2-4-8-18(16)24-21(25-20)27-13-11-26(12-14-27)19-10-9-15-5-1-3-7-17(15)23-19/h1,3,5,7,9-10H,2,4,6,8,11-14H2,(H2,22,24,25). The minimum absolute atomic E-state index is 0.674. The summed E-state index contributed by atoms with van der Waals surface area (Å²) in [5, 5.41) is 1.18. The summed E-state index contributed by atoms with van der Waals surface area (Å²) in [7, 11) is 0.